The zero-order valence-corrected chi connectivity index (χ0v) is 13.4. The van der Waals surface area contributed by atoms with Crippen LogP contribution in [0.3, 0.4) is 0 Å². The van der Waals surface area contributed by atoms with E-state index in [1.807, 2.05) is 11.9 Å². The number of hydrogen-bond donors (Lipinski definition) is 2. The van der Waals surface area contributed by atoms with Crippen molar-refractivity contribution in [2.24, 2.45) is 0 Å². The lowest BCUT2D eigenvalue weighted by Crippen LogP contribution is -2.34. The van der Waals surface area contributed by atoms with Gasteiger partial charge in [0.15, 0.2) is 0 Å². The van der Waals surface area contributed by atoms with Crippen LogP contribution < -0.4 is 15.2 Å². The summed E-state index contributed by atoms with van der Waals surface area (Å²) in [5.41, 5.74) is 6.01. The Morgan fingerprint density at radius 1 is 1.29 bits per heavy atom. The van der Waals surface area contributed by atoms with Gasteiger partial charge in [0.25, 0.3) is 0 Å². The highest BCUT2D eigenvalue weighted by Crippen LogP contribution is 2.25. The molecule has 1 rings (SSSR count). The fraction of sp³-hybridized carbons (Fsp3) is 0.538. The van der Waals surface area contributed by atoms with Crippen LogP contribution >= 0.6 is 0 Å². The molecule has 21 heavy (non-hydrogen) atoms. The van der Waals surface area contributed by atoms with E-state index in [4.69, 9.17) is 15.2 Å². The second-order valence-corrected chi connectivity index (χ2v) is 6.34. The van der Waals surface area contributed by atoms with Gasteiger partial charge in [-0.3, -0.25) is 0 Å². The van der Waals surface area contributed by atoms with Crippen molar-refractivity contribution in [1.82, 2.24) is 9.62 Å². The number of likely N-dealkylation sites (N-methyl/N-ethyl adjacent to an activating group) is 1. The molecule has 0 saturated heterocycles. The topological polar surface area (TPSA) is 93.9 Å². The fourth-order valence-corrected chi connectivity index (χ4v) is 2.93. The maximum absolute atomic E-state index is 12.3. The minimum absolute atomic E-state index is 0.0459. The minimum Gasteiger partial charge on any atom is -0.495 e. The predicted octanol–water partition coefficient (Wildman–Crippen LogP) is 0.134. The van der Waals surface area contributed by atoms with Crippen LogP contribution in [0.1, 0.15) is 0 Å². The highest BCUT2D eigenvalue weighted by atomic mass is 32.2. The molecule has 0 fully saturated rings. The van der Waals surface area contributed by atoms with Gasteiger partial charge in [-0.1, -0.05) is 0 Å². The maximum Gasteiger partial charge on any atom is 0.244 e. The van der Waals surface area contributed by atoms with Crippen molar-refractivity contribution in [3.05, 3.63) is 18.2 Å². The molecule has 120 valence electrons. The van der Waals surface area contributed by atoms with Crippen LogP contribution in [0.15, 0.2) is 23.1 Å². The Kier molecular flexibility index (Phi) is 6.90. The molecular weight excluding hydrogens is 294 g/mol. The molecule has 0 spiro atoms. The van der Waals surface area contributed by atoms with Crippen LogP contribution in [-0.4, -0.2) is 60.8 Å². The van der Waals surface area contributed by atoms with Gasteiger partial charge in [-0.25, -0.2) is 13.1 Å². The number of rotatable bonds is 9. The van der Waals surface area contributed by atoms with Crippen molar-refractivity contribution in [2.75, 3.05) is 53.2 Å². The first kappa shape index (κ1) is 17.7. The summed E-state index contributed by atoms with van der Waals surface area (Å²) in [5.74, 6) is 0.268. The number of hydrogen-bond acceptors (Lipinski definition) is 6. The van der Waals surface area contributed by atoms with Gasteiger partial charge in [0.05, 0.1) is 13.7 Å². The number of nitrogen functional groups attached to an aromatic ring is 1. The third-order valence-electron chi connectivity index (χ3n) is 2.94. The van der Waals surface area contributed by atoms with Crippen LogP contribution in [0.25, 0.3) is 0 Å². The van der Waals surface area contributed by atoms with E-state index in [1.165, 1.54) is 19.2 Å². The maximum atomic E-state index is 12.3. The van der Waals surface area contributed by atoms with Crippen LogP contribution in [0.2, 0.25) is 0 Å². The average molecular weight is 317 g/mol. The van der Waals surface area contributed by atoms with Gasteiger partial charge in [0.1, 0.15) is 10.6 Å². The second-order valence-electron chi connectivity index (χ2n) is 4.60. The SMILES string of the molecule is COCCN(C)CCNS(=O)(=O)c1cc(N)ccc1OC. The van der Waals surface area contributed by atoms with Crippen molar-refractivity contribution in [3.8, 4) is 5.75 Å². The molecule has 0 bridgehead atoms. The molecule has 0 heterocycles. The van der Waals surface area contributed by atoms with Gasteiger partial charge in [0.2, 0.25) is 10.0 Å². The number of benzene rings is 1. The number of methoxy groups -OCH3 is 2. The lowest BCUT2D eigenvalue weighted by molar-refractivity contribution is 0.162. The van der Waals surface area contributed by atoms with E-state index in [-0.39, 0.29) is 10.6 Å². The Hall–Kier alpha value is -1.35. The normalized spacial score (nSPS) is 11.8. The summed E-state index contributed by atoms with van der Waals surface area (Å²) < 4.78 is 37.1. The van der Waals surface area contributed by atoms with Gasteiger partial charge in [-0.15, -0.1) is 0 Å². The molecule has 0 unspecified atom stereocenters. The highest BCUT2D eigenvalue weighted by Gasteiger charge is 2.19. The van der Waals surface area contributed by atoms with E-state index >= 15 is 0 Å². The van der Waals surface area contributed by atoms with Crippen LogP contribution in [0, 0.1) is 0 Å². The summed E-state index contributed by atoms with van der Waals surface area (Å²) in [6, 6.07) is 4.51. The Balaban J connectivity index is 2.68. The molecule has 0 aromatic heterocycles. The van der Waals surface area contributed by atoms with Crippen LogP contribution in [0.4, 0.5) is 5.69 Å². The van der Waals surface area contributed by atoms with Gasteiger partial charge in [-0.2, -0.15) is 0 Å². The lowest BCUT2D eigenvalue weighted by atomic mass is 10.3. The second kappa shape index (κ2) is 8.18. The number of nitrogens with zero attached hydrogens (tertiary/aromatic N) is 1. The smallest absolute Gasteiger partial charge is 0.244 e. The molecule has 3 N–H and O–H groups in total. The summed E-state index contributed by atoms with van der Waals surface area (Å²) >= 11 is 0. The molecule has 0 radical (unpaired) electrons. The zero-order valence-electron chi connectivity index (χ0n) is 12.6. The quantitative estimate of drug-likeness (QED) is 0.629. The number of sulfonamides is 1. The standard InChI is InChI=1S/C13H23N3O4S/c1-16(8-9-19-2)7-6-15-21(17,18)13-10-11(14)4-5-12(13)20-3/h4-5,10,15H,6-9,14H2,1-3H3. The fourth-order valence-electron chi connectivity index (χ4n) is 1.71. The Morgan fingerprint density at radius 2 is 2.00 bits per heavy atom. The molecule has 7 nitrogen and oxygen atoms in total. The van der Waals surface area contributed by atoms with E-state index in [0.29, 0.717) is 25.4 Å². The lowest BCUT2D eigenvalue weighted by Gasteiger charge is -2.17. The molecule has 1 aromatic carbocycles. The number of nitrogens with two attached hydrogens (primary N) is 1. The largest absolute Gasteiger partial charge is 0.495 e. The molecule has 0 aliphatic carbocycles. The number of ether oxygens (including phenoxy) is 2. The van der Waals surface area contributed by atoms with E-state index in [2.05, 4.69) is 4.72 Å². The molecule has 0 atom stereocenters. The minimum atomic E-state index is -3.65. The zero-order chi connectivity index (χ0) is 15.9. The predicted molar refractivity (Wildman–Crippen MR) is 82.0 cm³/mol. The highest BCUT2D eigenvalue weighted by molar-refractivity contribution is 7.89. The Morgan fingerprint density at radius 3 is 2.62 bits per heavy atom. The number of anilines is 1. The molecule has 0 saturated carbocycles. The molecule has 0 aliphatic heterocycles. The molecular formula is C13H23N3O4S. The Labute approximate surface area is 126 Å². The molecule has 0 aliphatic rings. The molecule has 8 heteroatoms. The Bertz CT molecular complexity index is 548. The molecule has 0 amide bonds. The van der Waals surface area contributed by atoms with E-state index in [0.717, 1.165) is 6.54 Å². The third-order valence-corrected chi connectivity index (χ3v) is 4.42. The van der Waals surface area contributed by atoms with E-state index in [1.54, 1.807) is 13.2 Å². The average Bonchev–Trinajstić information content (AvgIpc) is 2.44. The van der Waals surface area contributed by atoms with Crippen molar-refractivity contribution in [2.45, 2.75) is 4.90 Å². The van der Waals surface area contributed by atoms with Gasteiger partial charge >= 0.3 is 0 Å². The van der Waals surface area contributed by atoms with Crippen LogP contribution in [0.5, 0.6) is 5.75 Å². The monoisotopic (exact) mass is 317 g/mol. The third kappa shape index (κ3) is 5.50. The first-order chi connectivity index (χ1) is 9.90. The summed E-state index contributed by atoms with van der Waals surface area (Å²) in [4.78, 5) is 2.02. The van der Waals surface area contributed by atoms with E-state index in [9.17, 15) is 8.42 Å². The molecule has 1 aromatic rings. The van der Waals surface area contributed by atoms with Gasteiger partial charge in [0, 0.05) is 32.4 Å². The summed E-state index contributed by atoms with van der Waals surface area (Å²) in [6.07, 6.45) is 0. The van der Waals surface area contributed by atoms with Crippen molar-refractivity contribution in [3.63, 3.8) is 0 Å². The van der Waals surface area contributed by atoms with E-state index < -0.39 is 10.0 Å². The first-order valence-electron chi connectivity index (χ1n) is 6.51. The number of nitrogens with one attached hydrogen (secondary N) is 1. The summed E-state index contributed by atoms with van der Waals surface area (Å²) in [7, 11) is 1.29. The van der Waals surface area contributed by atoms with Crippen LogP contribution in [-0.2, 0) is 14.8 Å². The van der Waals surface area contributed by atoms with Crippen molar-refractivity contribution in [1.29, 1.82) is 0 Å². The first-order valence-corrected chi connectivity index (χ1v) is 7.99. The summed E-state index contributed by atoms with van der Waals surface area (Å²) in [5, 5.41) is 0. The van der Waals surface area contributed by atoms with Crippen molar-refractivity contribution < 1.29 is 17.9 Å². The van der Waals surface area contributed by atoms with Crippen molar-refractivity contribution >= 4 is 15.7 Å². The van der Waals surface area contributed by atoms with Gasteiger partial charge < -0.3 is 20.1 Å². The van der Waals surface area contributed by atoms with Gasteiger partial charge in [-0.05, 0) is 25.2 Å². The summed E-state index contributed by atoms with van der Waals surface area (Å²) in [6.45, 7) is 2.21.